The maximum atomic E-state index is 13.4. The molecule has 1 aromatic heterocycles. The van der Waals surface area contributed by atoms with Gasteiger partial charge in [-0.15, -0.1) is 11.3 Å². The highest BCUT2D eigenvalue weighted by atomic mass is 32.1. The van der Waals surface area contributed by atoms with Crippen LogP contribution in [0.3, 0.4) is 0 Å². The number of para-hydroxylation sites is 1. The molecule has 0 radical (unpaired) electrons. The van der Waals surface area contributed by atoms with Gasteiger partial charge in [0.15, 0.2) is 11.6 Å². The van der Waals surface area contributed by atoms with E-state index in [1.165, 1.54) is 16.8 Å². The number of thiazole rings is 1. The molecule has 0 bridgehead atoms. The number of piperidine rings is 1. The Hall–Kier alpha value is -2.38. The number of nitrogens with one attached hydrogen (secondary N) is 1. The van der Waals surface area contributed by atoms with Crippen LogP contribution in [0.4, 0.5) is 8.78 Å². The van der Waals surface area contributed by atoms with Crippen molar-refractivity contribution in [3.05, 3.63) is 64.7 Å². The van der Waals surface area contributed by atoms with Crippen LogP contribution in [0.5, 0.6) is 0 Å². The monoisotopic (exact) mass is 415 g/mol. The molecule has 1 N–H and O–H groups in total. The van der Waals surface area contributed by atoms with Gasteiger partial charge < -0.3 is 10.2 Å². The predicted molar refractivity (Wildman–Crippen MR) is 111 cm³/mol. The number of hydrogen-bond donors (Lipinski definition) is 1. The highest BCUT2D eigenvalue weighted by Crippen LogP contribution is 2.33. The minimum Gasteiger partial charge on any atom is -0.341 e. The van der Waals surface area contributed by atoms with Gasteiger partial charge in [-0.2, -0.15) is 0 Å². The lowest BCUT2D eigenvalue weighted by atomic mass is 9.98. The van der Waals surface area contributed by atoms with Gasteiger partial charge in [-0.05, 0) is 49.6 Å². The summed E-state index contributed by atoms with van der Waals surface area (Å²) in [6, 6.07) is 11.7. The number of nitrogens with zero attached hydrogens (tertiary/aromatic N) is 2. The summed E-state index contributed by atoms with van der Waals surface area (Å²) in [6.45, 7) is 3.40. The second kappa shape index (κ2) is 8.55. The normalized spacial score (nSPS) is 18.2. The van der Waals surface area contributed by atoms with Crippen molar-refractivity contribution in [3.8, 4) is 0 Å². The predicted octanol–water partition coefficient (Wildman–Crippen LogP) is 4.63. The van der Waals surface area contributed by atoms with Gasteiger partial charge in [-0.25, -0.2) is 13.8 Å². The van der Waals surface area contributed by atoms with Crippen molar-refractivity contribution < 1.29 is 13.6 Å². The molecule has 2 heterocycles. The van der Waals surface area contributed by atoms with Crippen LogP contribution >= 0.6 is 11.3 Å². The minimum atomic E-state index is -0.878. The van der Waals surface area contributed by atoms with Crippen molar-refractivity contribution in [2.24, 2.45) is 0 Å². The summed E-state index contributed by atoms with van der Waals surface area (Å²) < 4.78 is 27.7. The van der Waals surface area contributed by atoms with Gasteiger partial charge >= 0.3 is 0 Å². The molecule has 1 aliphatic heterocycles. The third kappa shape index (κ3) is 4.46. The highest BCUT2D eigenvalue weighted by Gasteiger charge is 2.27. The molecule has 1 fully saturated rings. The van der Waals surface area contributed by atoms with Crippen molar-refractivity contribution in [1.82, 2.24) is 15.2 Å². The molecule has 2 atom stereocenters. The summed E-state index contributed by atoms with van der Waals surface area (Å²) in [4.78, 5) is 19.4. The second-order valence-electron chi connectivity index (χ2n) is 7.47. The van der Waals surface area contributed by atoms with Crippen LogP contribution in [0, 0.1) is 11.6 Å². The lowest BCUT2D eigenvalue weighted by molar-refractivity contribution is -0.131. The van der Waals surface area contributed by atoms with E-state index in [2.05, 4.69) is 11.4 Å². The van der Waals surface area contributed by atoms with E-state index >= 15 is 0 Å². The van der Waals surface area contributed by atoms with Gasteiger partial charge in [0.05, 0.1) is 21.8 Å². The van der Waals surface area contributed by atoms with Crippen LogP contribution < -0.4 is 5.32 Å². The maximum Gasteiger partial charge on any atom is 0.236 e. The summed E-state index contributed by atoms with van der Waals surface area (Å²) in [6.07, 6.45) is 1.98. The molecule has 7 heteroatoms. The van der Waals surface area contributed by atoms with E-state index in [0.29, 0.717) is 12.1 Å². The molecular weight excluding hydrogens is 392 g/mol. The van der Waals surface area contributed by atoms with Crippen molar-refractivity contribution in [2.45, 2.75) is 31.7 Å². The summed E-state index contributed by atoms with van der Waals surface area (Å²) in [7, 11) is 0. The maximum absolute atomic E-state index is 13.4. The first kappa shape index (κ1) is 19.9. The lowest BCUT2D eigenvalue weighted by Crippen LogP contribution is -2.43. The Morgan fingerprint density at radius 2 is 2.10 bits per heavy atom. The van der Waals surface area contributed by atoms with Crippen LogP contribution in [-0.2, 0) is 4.79 Å². The summed E-state index contributed by atoms with van der Waals surface area (Å²) >= 11 is 1.70. The van der Waals surface area contributed by atoms with Crippen molar-refractivity contribution >= 4 is 27.5 Å². The zero-order chi connectivity index (χ0) is 20.4. The van der Waals surface area contributed by atoms with Crippen molar-refractivity contribution in [3.63, 3.8) is 0 Å². The molecule has 1 saturated heterocycles. The smallest absolute Gasteiger partial charge is 0.236 e. The average molecular weight is 416 g/mol. The fourth-order valence-corrected chi connectivity index (χ4v) is 4.81. The van der Waals surface area contributed by atoms with E-state index < -0.39 is 11.6 Å². The quantitative estimate of drug-likeness (QED) is 0.661. The number of likely N-dealkylation sites (tertiary alicyclic amines) is 1. The van der Waals surface area contributed by atoms with Gasteiger partial charge in [-0.3, -0.25) is 4.79 Å². The first-order chi connectivity index (χ1) is 14.0. The van der Waals surface area contributed by atoms with Gasteiger partial charge in [0, 0.05) is 25.0 Å². The van der Waals surface area contributed by atoms with Crippen LogP contribution in [-0.4, -0.2) is 35.4 Å². The molecule has 4 nitrogen and oxygen atoms in total. The van der Waals surface area contributed by atoms with Gasteiger partial charge in [0.1, 0.15) is 0 Å². The van der Waals surface area contributed by atoms with E-state index in [1.54, 1.807) is 11.3 Å². The summed E-state index contributed by atoms with van der Waals surface area (Å²) in [5.74, 6) is -1.47. The van der Waals surface area contributed by atoms with E-state index in [9.17, 15) is 13.6 Å². The standard InChI is InChI=1S/C22H23F2N3OS/c1-14(15-8-9-17(23)18(24)11-15)25-12-21(28)27-10-4-5-16(13-27)22-26-19-6-2-3-7-20(19)29-22/h2-3,6-9,11,14,16,25H,4-5,10,12-13H2,1H3/t14-,16+/m0/s1. The number of halogens is 2. The third-order valence-corrected chi connectivity index (χ3v) is 6.64. The molecule has 0 spiro atoms. The second-order valence-corrected chi connectivity index (χ2v) is 8.54. The molecule has 0 saturated carbocycles. The number of benzene rings is 2. The molecule has 0 aliphatic carbocycles. The van der Waals surface area contributed by atoms with Gasteiger partial charge in [-0.1, -0.05) is 18.2 Å². The first-order valence-electron chi connectivity index (χ1n) is 9.83. The number of fused-ring (bicyclic) bond motifs is 1. The van der Waals surface area contributed by atoms with Crippen molar-refractivity contribution in [1.29, 1.82) is 0 Å². The zero-order valence-corrected chi connectivity index (χ0v) is 17.0. The Morgan fingerprint density at radius 1 is 1.28 bits per heavy atom. The average Bonchev–Trinajstić information content (AvgIpc) is 3.18. The fraction of sp³-hybridized carbons (Fsp3) is 0.364. The summed E-state index contributed by atoms with van der Waals surface area (Å²) in [5.41, 5.74) is 1.63. The molecule has 4 rings (SSSR count). The van der Waals surface area contributed by atoms with E-state index in [1.807, 2.05) is 30.0 Å². The lowest BCUT2D eigenvalue weighted by Gasteiger charge is -2.32. The molecular formula is C22H23F2N3OS. The highest BCUT2D eigenvalue weighted by molar-refractivity contribution is 7.18. The Kier molecular flexibility index (Phi) is 5.87. The Morgan fingerprint density at radius 3 is 2.90 bits per heavy atom. The van der Waals surface area contributed by atoms with Crippen molar-refractivity contribution in [2.75, 3.05) is 19.6 Å². The number of carbonyl (C=O) groups is 1. The molecule has 1 aliphatic rings. The Balaban J connectivity index is 1.36. The molecule has 29 heavy (non-hydrogen) atoms. The third-order valence-electron chi connectivity index (χ3n) is 5.44. The SMILES string of the molecule is C[C@H](NCC(=O)N1CCC[C@@H](c2nc3ccccc3s2)C1)c1ccc(F)c(F)c1. The van der Waals surface area contributed by atoms with Crippen LogP contribution in [0.2, 0.25) is 0 Å². The Bertz CT molecular complexity index is 989. The van der Waals surface area contributed by atoms with Crippen LogP contribution in [0.25, 0.3) is 10.2 Å². The van der Waals surface area contributed by atoms with E-state index in [0.717, 1.165) is 36.0 Å². The number of hydrogen-bond acceptors (Lipinski definition) is 4. The van der Waals surface area contributed by atoms with Crippen LogP contribution in [0.1, 0.15) is 42.3 Å². The number of carbonyl (C=O) groups excluding carboxylic acids is 1. The van der Waals surface area contributed by atoms with Crippen LogP contribution in [0.15, 0.2) is 42.5 Å². The number of amides is 1. The molecule has 1 amide bonds. The fourth-order valence-electron chi connectivity index (χ4n) is 3.72. The van der Waals surface area contributed by atoms with E-state index in [4.69, 9.17) is 4.98 Å². The first-order valence-corrected chi connectivity index (χ1v) is 10.6. The van der Waals surface area contributed by atoms with E-state index in [-0.39, 0.29) is 24.4 Å². The zero-order valence-electron chi connectivity index (χ0n) is 16.2. The molecule has 2 aromatic carbocycles. The summed E-state index contributed by atoms with van der Waals surface area (Å²) in [5, 5.41) is 4.22. The minimum absolute atomic E-state index is 0.0187. The largest absolute Gasteiger partial charge is 0.341 e. The Labute approximate surface area is 172 Å². The topological polar surface area (TPSA) is 45.2 Å². The number of rotatable bonds is 5. The van der Waals surface area contributed by atoms with Gasteiger partial charge in [0.25, 0.3) is 0 Å². The van der Waals surface area contributed by atoms with Gasteiger partial charge in [0.2, 0.25) is 5.91 Å². The molecule has 0 unspecified atom stereocenters. The molecule has 152 valence electrons. The number of aromatic nitrogens is 1. The molecule has 3 aromatic rings.